The second kappa shape index (κ2) is 10.8. The molecule has 2 aliphatic rings. The Hall–Kier alpha value is -2.78. The van der Waals surface area contributed by atoms with Gasteiger partial charge in [-0.15, -0.1) is 0 Å². The second-order valence-electron chi connectivity index (χ2n) is 10.4. The molecule has 0 aliphatic carbocycles. The summed E-state index contributed by atoms with van der Waals surface area (Å²) in [5.74, 6) is 0.172. The maximum absolute atomic E-state index is 13.8. The van der Waals surface area contributed by atoms with E-state index in [4.69, 9.17) is 4.74 Å². The summed E-state index contributed by atoms with van der Waals surface area (Å²) < 4.78 is 36.5. The highest BCUT2D eigenvalue weighted by atomic mass is 32.2. The first-order valence-corrected chi connectivity index (χ1v) is 14.8. The number of rotatable bonds is 7. The van der Waals surface area contributed by atoms with E-state index in [0.717, 1.165) is 6.54 Å². The Bertz CT molecular complexity index is 1430. The molecule has 2 aliphatic heterocycles. The number of hydrogen-bond donors (Lipinski definition) is 0. The SMILES string of the molecule is CCn1ncc(S(=O)(=O)N2C/C=C\CN3C(C2)[C@H](c2ccc(-c4cccc(C)c4C)cc2)[C@H]3COC)c1C. The number of aryl methyl sites for hydroxylation is 2. The lowest BCUT2D eigenvalue weighted by Crippen LogP contribution is -2.67. The van der Waals surface area contributed by atoms with Crippen molar-refractivity contribution in [1.82, 2.24) is 19.0 Å². The van der Waals surface area contributed by atoms with Crippen LogP contribution >= 0.6 is 0 Å². The molecule has 8 heteroatoms. The maximum atomic E-state index is 13.8. The number of benzene rings is 2. The van der Waals surface area contributed by atoms with E-state index in [9.17, 15) is 8.42 Å². The molecule has 0 radical (unpaired) electrons. The van der Waals surface area contributed by atoms with Crippen LogP contribution in [0.2, 0.25) is 0 Å². The molecular weight excluding hydrogens is 496 g/mol. The number of fused-ring (bicyclic) bond motifs is 1. The summed E-state index contributed by atoms with van der Waals surface area (Å²) in [6.45, 7) is 10.9. The first-order chi connectivity index (χ1) is 18.3. The van der Waals surface area contributed by atoms with E-state index in [1.165, 1.54) is 34.0 Å². The molecule has 1 saturated heterocycles. The van der Waals surface area contributed by atoms with Crippen LogP contribution in [0.15, 0.2) is 65.7 Å². The molecule has 38 heavy (non-hydrogen) atoms. The summed E-state index contributed by atoms with van der Waals surface area (Å²) >= 11 is 0. The van der Waals surface area contributed by atoms with Gasteiger partial charge in [-0.3, -0.25) is 9.58 Å². The van der Waals surface area contributed by atoms with Crippen molar-refractivity contribution >= 4 is 10.0 Å². The molecule has 2 aromatic carbocycles. The topological polar surface area (TPSA) is 67.7 Å². The van der Waals surface area contributed by atoms with Crippen LogP contribution in [0.4, 0.5) is 0 Å². The molecule has 0 bridgehead atoms. The van der Waals surface area contributed by atoms with Gasteiger partial charge >= 0.3 is 0 Å². The van der Waals surface area contributed by atoms with Crippen molar-refractivity contribution in [3.05, 3.63) is 83.2 Å². The summed E-state index contributed by atoms with van der Waals surface area (Å²) in [6, 6.07) is 15.5. The Labute approximate surface area is 226 Å². The lowest BCUT2D eigenvalue weighted by molar-refractivity contribution is -0.0508. The van der Waals surface area contributed by atoms with Gasteiger partial charge in [-0.2, -0.15) is 9.40 Å². The zero-order valence-electron chi connectivity index (χ0n) is 23.0. The summed E-state index contributed by atoms with van der Waals surface area (Å²) in [5, 5.41) is 4.29. The zero-order valence-corrected chi connectivity index (χ0v) is 23.8. The fourth-order valence-electron chi connectivity index (χ4n) is 6.07. The predicted molar refractivity (Wildman–Crippen MR) is 151 cm³/mol. The number of hydrogen-bond acceptors (Lipinski definition) is 5. The van der Waals surface area contributed by atoms with Crippen molar-refractivity contribution in [3.8, 4) is 11.1 Å². The molecule has 0 amide bonds. The van der Waals surface area contributed by atoms with Crippen LogP contribution in [-0.2, 0) is 21.3 Å². The number of sulfonamides is 1. The standard InChI is InChI=1S/C30H38N4O3S/c1-6-34-23(4)29(18-31-34)38(35,36)32-16-7-8-17-33-27(19-32)30(28(33)20-37-5)25-14-12-24(13-15-25)26-11-9-10-21(2)22(26)3/h7-15,18,27-28,30H,6,16-17,19-20H2,1-5H3/b8-7-/t27?,28-,30+/m1/s1. The Balaban J connectivity index is 1.46. The fourth-order valence-corrected chi connectivity index (χ4v) is 7.64. The van der Waals surface area contributed by atoms with Gasteiger partial charge in [0.05, 0.1) is 18.5 Å². The Morgan fingerprint density at radius 1 is 1.03 bits per heavy atom. The van der Waals surface area contributed by atoms with Crippen LogP contribution in [0, 0.1) is 20.8 Å². The molecule has 7 nitrogen and oxygen atoms in total. The summed E-state index contributed by atoms with van der Waals surface area (Å²) in [7, 11) is -1.96. The number of aromatic nitrogens is 2. The van der Waals surface area contributed by atoms with E-state index in [2.05, 4.69) is 72.4 Å². The van der Waals surface area contributed by atoms with Crippen LogP contribution in [0.25, 0.3) is 11.1 Å². The van der Waals surface area contributed by atoms with Gasteiger partial charge in [-0.05, 0) is 55.5 Å². The van der Waals surface area contributed by atoms with E-state index >= 15 is 0 Å². The molecule has 3 heterocycles. The molecule has 0 N–H and O–H groups in total. The van der Waals surface area contributed by atoms with Crippen LogP contribution in [-0.4, -0.2) is 72.8 Å². The summed E-state index contributed by atoms with van der Waals surface area (Å²) in [5.41, 5.74) is 6.92. The van der Waals surface area contributed by atoms with Gasteiger partial charge in [0.25, 0.3) is 0 Å². The third kappa shape index (κ3) is 4.64. The molecule has 0 saturated carbocycles. The number of methoxy groups -OCH3 is 1. The highest BCUT2D eigenvalue weighted by molar-refractivity contribution is 7.89. The average Bonchev–Trinajstić information content (AvgIpc) is 3.28. The average molecular weight is 535 g/mol. The van der Waals surface area contributed by atoms with Gasteiger partial charge in [-0.1, -0.05) is 54.6 Å². The molecule has 3 aromatic rings. The van der Waals surface area contributed by atoms with Gasteiger partial charge in [0.15, 0.2) is 0 Å². The quantitative estimate of drug-likeness (QED) is 0.417. The minimum atomic E-state index is -3.69. The van der Waals surface area contributed by atoms with Crippen molar-refractivity contribution in [2.75, 3.05) is 33.4 Å². The van der Waals surface area contributed by atoms with E-state index < -0.39 is 10.0 Å². The Morgan fingerprint density at radius 3 is 2.45 bits per heavy atom. The highest BCUT2D eigenvalue weighted by Gasteiger charge is 2.50. The first-order valence-electron chi connectivity index (χ1n) is 13.4. The van der Waals surface area contributed by atoms with Gasteiger partial charge in [0, 0.05) is 51.3 Å². The number of nitrogens with zero attached hydrogens (tertiary/aromatic N) is 4. The van der Waals surface area contributed by atoms with E-state index in [-0.39, 0.29) is 18.0 Å². The molecule has 3 atom stereocenters. The van der Waals surface area contributed by atoms with Crippen molar-refractivity contribution in [2.45, 2.75) is 57.1 Å². The van der Waals surface area contributed by atoms with Gasteiger partial charge < -0.3 is 4.74 Å². The smallest absolute Gasteiger partial charge is 0.246 e. The van der Waals surface area contributed by atoms with E-state index in [1.807, 2.05) is 19.9 Å². The van der Waals surface area contributed by atoms with Crippen LogP contribution in [0.5, 0.6) is 0 Å². The second-order valence-corrected chi connectivity index (χ2v) is 12.3. The third-order valence-corrected chi connectivity index (χ3v) is 10.3. The van der Waals surface area contributed by atoms with Gasteiger partial charge in [-0.25, -0.2) is 8.42 Å². The minimum Gasteiger partial charge on any atom is -0.383 e. The van der Waals surface area contributed by atoms with Crippen molar-refractivity contribution in [3.63, 3.8) is 0 Å². The fraction of sp³-hybridized carbons (Fsp3) is 0.433. The van der Waals surface area contributed by atoms with Crippen LogP contribution in [0.1, 0.15) is 35.2 Å². The molecule has 5 rings (SSSR count). The van der Waals surface area contributed by atoms with Crippen molar-refractivity contribution in [2.24, 2.45) is 0 Å². The number of ether oxygens (including phenoxy) is 1. The molecule has 0 spiro atoms. The highest BCUT2D eigenvalue weighted by Crippen LogP contribution is 2.43. The van der Waals surface area contributed by atoms with Crippen molar-refractivity contribution < 1.29 is 13.2 Å². The molecule has 1 unspecified atom stereocenters. The molecule has 1 aromatic heterocycles. The summed E-state index contributed by atoms with van der Waals surface area (Å²) in [6.07, 6.45) is 5.54. The zero-order chi connectivity index (χ0) is 27.0. The van der Waals surface area contributed by atoms with E-state index in [1.54, 1.807) is 16.1 Å². The lowest BCUT2D eigenvalue weighted by atomic mass is 9.74. The molecular formula is C30H38N4O3S. The van der Waals surface area contributed by atoms with Crippen molar-refractivity contribution in [1.29, 1.82) is 0 Å². The summed E-state index contributed by atoms with van der Waals surface area (Å²) in [4.78, 5) is 2.68. The first kappa shape index (κ1) is 26.8. The Kier molecular flexibility index (Phi) is 7.60. The monoisotopic (exact) mass is 534 g/mol. The largest absolute Gasteiger partial charge is 0.383 e. The Morgan fingerprint density at radius 2 is 1.76 bits per heavy atom. The normalized spacial score (nSPS) is 23.3. The third-order valence-electron chi connectivity index (χ3n) is 8.39. The van der Waals surface area contributed by atoms with Gasteiger partial charge in [0.2, 0.25) is 10.0 Å². The predicted octanol–water partition coefficient (Wildman–Crippen LogP) is 4.54. The maximum Gasteiger partial charge on any atom is 0.246 e. The lowest BCUT2D eigenvalue weighted by Gasteiger charge is -2.56. The van der Waals surface area contributed by atoms with Crippen LogP contribution < -0.4 is 0 Å². The molecule has 1 fully saturated rings. The van der Waals surface area contributed by atoms with Gasteiger partial charge in [0.1, 0.15) is 4.90 Å². The minimum absolute atomic E-state index is 0.0583. The molecule has 202 valence electrons. The van der Waals surface area contributed by atoms with Crippen LogP contribution in [0.3, 0.4) is 0 Å². The van der Waals surface area contributed by atoms with E-state index in [0.29, 0.717) is 36.8 Å².